The van der Waals surface area contributed by atoms with E-state index < -0.39 is 19.9 Å². The predicted octanol–water partition coefficient (Wildman–Crippen LogP) is 0.148. The zero-order chi connectivity index (χ0) is 13.8. The molecule has 0 radical (unpaired) electrons. The number of hydrogen-bond acceptors (Lipinski definition) is 5. The van der Waals surface area contributed by atoms with Crippen molar-refractivity contribution in [2.45, 2.75) is 11.3 Å². The second-order valence-electron chi connectivity index (χ2n) is 3.81. The Kier molecular flexibility index (Phi) is 4.71. The number of benzene rings is 1. The first-order chi connectivity index (χ1) is 8.18. The summed E-state index contributed by atoms with van der Waals surface area (Å²) in [7, 11) is -6.68. The molecule has 18 heavy (non-hydrogen) atoms. The SMILES string of the molecule is CS(=O)(=O)c1ccc(OCCCS(N)(=O)=O)cc1. The third-order valence-electron chi connectivity index (χ3n) is 2.09. The highest BCUT2D eigenvalue weighted by Gasteiger charge is 2.06. The summed E-state index contributed by atoms with van der Waals surface area (Å²) in [5.41, 5.74) is 0. The van der Waals surface area contributed by atoms with Gasteiger partial charge in [0.05, 0.1) is 17.3 Å². The van der Waals surface area contributed by atoms with Crippen molar-refractivity contribution in [1.29, 1.82) is 0 Å². The second kappa shape index (κ2) is 5.68. The first-order valence-electron chi connectivity index (χ1n) is 5.12. The van der Waals surface area contributed by atoms with Crippen LogP contribution in [0.4, 0.5) is 0 Å². The highest BCUT2D eigenvalue weighted by Crippen LogP contribution is 2.15. The second-order valence-corrected chi connectivity index (χ2v) is 7.56. The summed E-state index contributed by atoms with van der Waals surface area (Å²) in [6.45, 7) is 0.203. The molecule has 0 aromatic heterocycles. The van der Waals surface area contributed by atoms with Gasteiger partial charge in [0.1, 0.15) is 5.75 Å². The Hall–Kier alpha value is -1.12. The Morgan fingerprint density at radius 1 is 1.11 bits per heavy atom. The van der Waals surface area contributed by atoms with Gasteiger partial charge in [-0.2, -0.15) is 0 Å². The van der Waals surface area contributed by atoms with Gasteiger partial charge in [0.15, 0.2) is 9.84 Å². The molecule has 0 aliphatic rings. The number of ether oxygens (including phenoxy) is 1. The predicted molar refractivity (Wildman–Crippen MR) is 67.6 cm³/mol. The number of rotatable bonds is 6. The molecular weight excluding hydrogens is 278 g/mol. The Morgan fingerprint density at radius 3 is 2.11 bits per heavy atom. The first-order valence-corrected chi connectivity index (χ1v) is 8.72. The molecule has 0 bridgehead atoms. The maximum absolute atomic E-state index is 11.2. The molecule has 1 rings (SSSR count). The van der Waals surface area contributed by atoms with Crippen LogP contribution in [-0.2, 0) is 19.9 Å². The molecule has 0 unspecified atom stereocenters. The molecule has 1 aromatic carbocycles. The first kappa shape index (κ1) is 14.9. The van der Waals surface area contributed by atoms with E-state index >= 15 is 0 Å². The lowest BCUT2D eigenvalue weighted by Gasteiger charge is -2.06. The van der Waals surface area contributed by atoms with Crippen LogP contribution in [0.3, 0.4) is 0 Å². The van der Waals surface area contributed by atoms with Crippen LogP contribution in [0, 0.1) is 0 Å². The summed E-state index contributed by atoms with van der Waals surface area (Å²) >= 11 is 0. The minimum Gasteiger partial charge on any atom is -0.494 e. The Bertz CT molecular complexity index is 590. The zero-order valence-corrected chi connectivity index (χ0v) is 11.5. The number of primary sulfonamides is 1. The van der Waals surface area contributed by atoms with Crippen LogP contribution in [-0.4, -0.2) is 35.5 Å². The van der Waals surface area contributed by atoms with E-state index in [1.54, 1.807) is 0 Å². The Balaban J connectivity index is 2.50. The summed E-state index contributed by atoms with van der Waals surface area (Å²) in [6, 6.07) is 5.91. The fourth-order valence-electron chi connectivity index (χ4n) is 1.23. The summed E-state index contributed by atoms with van der Waals surface area (Å²) in [4.78, 5) is 0.208. The van der Waals surface area contributed by atoms with Crippen LogP contribution in [0.25, 0.3) is 0 Å². The maximum atomic E-state index is 11.2. The number of nitrogens with two attached hydrogens (primary N) is 1. The standard InChI is InChI=1S/C10H15NO5S2/c1-17(12,13)10-5-3-9(4-6-10)16-7-2-8-18(11,14)15/h3-6H,2,7-8H2,1H3,(H2,11,14,15). The van der Waals surface area contributed by atoms with Gasteiger partial charge in [0.25, 0.3) is 0 Å². The largest absolute Gasteiger partial charge is 0.494 e. The molecule has 0 amide bonds. The van der Waals surface area contributed by atoms with Crippen LogP contribution >= 0.6 is 0 Å². The molecule has 6 nitrogen and oxygen atoms in total. The fourth-order valence-corrected chi connectivity index (χ4v) is 2.38. The normalized spacial score (nSPS) is 12.3. The van der Waals surface area contributed by atoms with Gasteiger partial charge in [-0.3, -0.25) is 0 Å². The lowest BCUT2D eigenvalue weighted by molar-refractivity contribution is 0.317. The monoisotopic (exact) mass is 293 g/mol. The molecule has 102 valence electrons. The molecule has 2 N–H and O–H groups in total. The molecule has 0 saturated heterocycles. The molecule has 0 heterocycles. The third-order valence-corrected chi connectivity index (χ3v) is 4.08. The molecule has 0 spiro atoms. The van der Waals surface area contributed by atoms with E-state index in [-0.39, 0.29) is 23.7 Å². The van der Waals surface area contributed by atoms with E-state index in [0.717, 1.165) is 6.26 Å². The lowest BCUT2D eigenvalue weighted by atomic mass is 10.3. The van der Waals surface area contributed by atoms with Crippen LogP contribution in [0.15, 0.2) is 29.2 Å². The molecule has 0 atom stereocenters. The highest BCUT2D eigenvalue weighted by atomic mass is 32.2. The van der Waals surface area contributed by atoms with Crippen LogP contribution < -0.4 is 9.88 Å². The summed E-state index contributed by atoms with van der Waals surface area (Å²) in [5, 5.41) is 4.83. The van der Waals surface area contributed by atoms with Crippen molar-refractivity contribution in [3.05, 3.63) is 24.3 Å². The summed E-state index contributed by atoms with van der Waals surface area (Å²) in [6.07, 6.45) is 1.40. The molecule has 0 saturated carbocycles. The fraction of sp³-hybridized carbons (Fsp3) is 0.400. The van der Waals surface area contributed by atoms with E-state index in [0.29, 0.717) is 5.75 Å². The van der Waals surface area contributed by atoms with Crippen molar-refractivity contribution in [2.24, 2.45) is 5.14 Å². The van der Waals surface area contributed by atoms with E-state index in [1.807, 2.05) is 0 Å². The van der Waals surface area contributed by atoms with Crippen molar-refractivity contribution in [3.63, 3.8) is 0 Å². The van der Waals surface area contributed by atoms with E-state index in [2.05, 4.69) is 0 Å². The molecule has 0 aliphatic heterocycles. The Morgan fingerprint density at radius 2 is 1.67 bits per heavy atom. The maximum Gasteiger partial charge on any atom is 0.209 e. The molecule has 8 heteroatoms. The minimum atomic E-state index is -3.46. The van der Waals surface area contributed by atoms with Crippen LogP contribution in [0.5, 0.6) is 5.75 Å². The summed E-state index contributed by atoms with van der Waals surface area (Å²) in [5.74, 6) is 0.339. The molecule has 1 aromatic rings. The van der Waals surface area contributed by atoms with Gasteiger partial charge >= 0.3 is 0 Å². The van der Waals surface area contributed by atoms with Crippen LogP contribution in [0.2, 0.25) is 0 Å². The van der Waals surface area contributed by atoms with Gasteiger partial charge in [-0.05, 0) is 30.7 Å². The van der Waals surface area contributed by atoms with Gasteiger partial charge in [-0.25, -0.2) is 22.0 Å². The van der Waals surface area contributed by atoms with Crippen molar-refractivity contribution < 1.29 is 21.6 Å². The zero-order valence-electron chi connectivity index (χ0n) is 9.87. The van der Waals surface area contributed by atoms with Crippen LogP contribution in [0.1, 0.15) is 6.42 Å². The van der Waals surface area contributed by atoms with Gasteiger partial charge in [0, 0.05) is 6.26 Å². The van der Waals surface area contributed by atoms with Gasteiger partial charge in [0.2, 0.25) is 10.0 Å². The summed E-state index contributed by atoms with van der Waals surface area (Å²) < 4.78 is 48.9. The smallest absolute Gasteiger partial charge is 0.209 e. The van der Waals surface area contributed by atoms with Crippen molar-refractivity contribution in [2.75, 3.05) is 18.6 Å². The topological polar surface area (TPSA) is 104 Å². The number of sulfonamides is 1. The van der Waals surface area contributed by atoms with Gasteiger partial charge in [-0.15, -0.1) is 0 Å². The molecule has 0 aliphatic carbocycles. The Labute approximate surface area is 107 Å². The van der Waals surface area contributed by atoms with E-state index in [1.165, 1.54) is 24.3 Å². The molecule has 0 fully saturated rings. The van der Waals surface area contributed by atoms with E-state index in [4.69, 9.17) is 9.88 Å². The average Bonchev–Trinajstić information content (AvgIpc) is 2.22. The minimum absolute atomic E-state index is 0.144. The van der Waals surface area contributed by atoms with Gasteiger partial charge < -0.3 is 4.74 Å². The molecular formula is C10H15NO5S2. The quantitative estimate of drug-likeness (QED) is 0.752. The lowest BCUT2D eigenvalue weighted by Crippen LogP contribution is -2.18. The van der Waals surface area contributed by atoms with E-state index in [9.17, 15) is 16.8 Å². The third kappa shape index (κ3) is 5.48. The average molecular weight is 293 g/mol. The van der Waals surface area contributed by atoms with Crippen molar-refractivity contribution >= 4 is 19.9 Å². The van der Waals surface area contributed by atoms with Crippen molar-refractivity contribution in [1.82, 2.24) is 0 Å². The number of sulfone groups is 1. The van der Waals surface area contributed by atoms with Crippen molar-refractivity contribution in [3.8, 4) is 5.75 Å². The highest BCUT2D eigenvalue weighted by molar-refractivity contribution is 7.90. The van der Waals surface area contributed by atoms with Gasteiger partial charge in [-0.1, -0.05) is 0 Å². The number of hydrogen-bond donors (Lipinski definition) is 1.